The van der Waals surface area contributed by atoms with E-state index in [9.17, 15) is 14.7 Å². The molecule has 9 nitrogen and oxygen atoms in total. The lowest BCUT2D eigenvalue weighted by atomic mass is 10.0. The molecule has 1 saturated heterocycles. The number of anilines is 2. The largest absolute Gasteiger partial charge is 0.480 e. The summed E-state index contributed by atoms with van der Waals surface area (Å²) >= 11 is 0. The number of carboxylic acids is 1. The predicted octanol–water partition coefficient (Wildman–Crippen LogP) is 6.39. The molecule has 0 unspecified atom stereocenters. The summed E-state index contributed by atoms with van der Waals surface area (Å²) in [5.74, 6) is -0.423. The van der Waals surface area contributed by atoms with Crippen LogP contribution in [0, 0.1) is 0 Å². The summed E-state index contributed by atoms with van der Waals surface area (Å²) in [5, 5.41) is 15.0. The van der Waals surface area contributed by atoms with Gasteiger partial charge in [-0.2, -0.15) is 0 Å². The van der Waals surface area contributed by atoms with E-state index < -0.39 is 32.4 Å². The molecule has 10 heteroatoms. The van der Waals surface area contributed by atoms with E-state index in [4.69, 9.17) is 8.84 Å². The Balaban J connectivity index is 1.55. The minimum absolute atomic E-state index is 0.00477. The first-order valence-corrected chi connectivity index (χ1v) is 17.2. The summed E-state index contributed by atoms with van der Waals surface area (Å²) in [6.45, 7) is 12.4. The Labute approximate surface area is 241 Å². The van der Waals surface area contributed by atoms with Gasteiger partial charge >= 0.3 is 5.97 Å². The molecule has 2 aromatic heterocycles. The Morgan fingerprint density at radius 3 is 2.51 bits per heavy atom. The van der Waals surface area contributed by atoms with Crippen molar-refractivity contribution in [2.45, 2.75) is 70.8 Å². The fraction of sp³-hybridized carbons (Fsp3) is 0.452. The fourth-order valence-electron chi connectivity index (χ4n) is 5.10. The number of fused-ring (bicyclic) bond motifs is 3. The Morgan fingerprint density at radius 1 is 1.10 bits per heavy atom. The molecule has 0 aliphatic carbocycles. The summed E-state index contributed by atoms with van der Waals surface area (Å²) < 4.78 is 14.0. The summed E-state index contributed by atoms with van der Waals surface area (Å²) in [4.78, 5) is 32.1. The maximum Gasteiger partial charge on any atom is 0.323 e. The topological polar surface area (TPSA) is 110 Å². The van der Waals surface area contributed by atoms with Crippen molar-refractivity contribution in [3.8, 4) is 0 Å². The second kappa shape index (κ2) is 11.3. The van der Waals surface area contributed by atoms with Gasteiger partial charge in [0.1, 0.15) is 23.5 Å². The van der Waals surface area contributed by atoms with E-state index in [1.165, 1.54) is 4.57 Å². The second-order valence-corrected chi connectivity index (χ2v) is 17.2. The number of nitrogens with zero attached hydrogens (tertiary/aromatic N) is 3. The smallest absolute Gasteiger partial charge is 0.323 e. The van der Waals surface area contributed by atoms with Gasteiger partial charge in [0.05, 0.1) is 18.8 Å². The molecule has 4 aromatic rings. The van der Waals surface area contributed by atoms with Gasteiger partial charge in [0.25, 0.3) is 5.56 Å². The lowest BCUT2D eigenvalue weighted by Crippen LogP contribution is -2.42. The van der Waals surface area contributed by atoms with Gasteiger partial charge in [-0.05, 0) is 61.2 Å². The molecule has 0 bridgehead atoms. The molecule has 2 N–H and O–H groups in total. The zero-order valence-electron chi connectivity index (χ0n) is 24.6. The van der Waals surface area contributed by atoms with Crippen molar-refractivity contribution < 1.29 is 18.7 Å². The van der Waals surface area contributed by atoms with Crippen LogP contribution >= 0.6 is 0 Å². The van der Waals surface area contributed by atoms with Crippen molar-refractivity contribution in [2.75, 3.05) is 29.9 Å². The van der Waals surface area contributed by atoms with Gasteiger partial charge in [0.2, 0.25) is 0 Å². The molecular formula is C31H40N4O5Si. The van der Waals surface area contributed by atoms with Crippen LogP contribution in [0.5, 0.6) is 0 Å². The first-order valence-electron chi connectivity index (χ1n) is 14.3. The molecule has 0 amide bonds. The number of rotatable bonds is 9. The van der Waals surface area contributed by atoms with Crippen LogP contribution in [0.3, 0.4) is 0 Å². The third-order valence-electron chi connectivity index (χ3n) is 8.54. The molecule has 5 rings (SSSR count). The van der Waals surface area contributed by atoms with Gasteiger partial charge in [-0.3, -0.25) is 14.2 Å². The molecule has 1 atom stereocenters. The standard InChI is InChI=1S/C31H40N4O5Si/c1-31(2,3)41(4,5)39-20-24(21-13-14-26-23(17-21)22-11-7-8-12-25(22)40-26)33-29-30(38)35(19-28(36)37)27(18-32-29)34-15-9-6-10-16-34/h7-8,11-14,17-18,24H,6,9-10,15-16,19-20H2,1-5H3,(H,32,33)(H,36,37)/t24-/m1/s1. The molecule has 1 fully saturated rings. The highest BCUT2D eigenvalue weighted by molar-refractivity contribution is 6.74. The third-order valence-corrected chi connectivity index (χ3v) is 13.0. The number of nitrogens with one attached hydrogen (secondary N) is 1. The van der Waals surface area contributed by atoms with Gasteiger partial charge in [-0.25, -0.2) is 4.98 Å². The number of furan rings is 1. The zero-order chi connectivity index (χ0) is 29.4. The van der Waals surface area contributed by atoms with E-state index in [1.807, 2.05) is 36.4 Å². The van der Waals surface area contributed by atoms with E-state index in [2.05, 4.69) is 55.1 Å². The number of hydrogen-bond donors (Lipinski definition) is 2. The Kier molecular flexibility index (Phi) is 7.98. The number of piperidine rings is 1. The highest BCUT2D eigenvalue weighted by Gasteiger charge is 2.38. The number of benzene rings is 2. The van der Waals surface area contributed by atoms with Crippen LogP contribution in [-0.2, 0) is 15.8 Å². The molecule has 0 saturated carbocycles. The molecule has 0 radical (unpaired) electrons. The van der Waals surface area contributed by atoms with Crippen molar-refractivity contribution in [1.82, 2.24) is 9.55 Å². The van der Waals surface area contributed by atoms with Crippen LogP contribution in [0.15, 0.2) is 57.9 Å². The highest BCUT2D eigenvalue weighted by Crippen LogP contribution is 2.38. The minimum Gasteiger partial charge on any atom is -0.480 e. The first kappa shape index (κ1) is 28.9. The second-order valence-electron chi connectivity index (χ2n) is 12.4. The number of aliphatic carboxylic acids is 1. The minimum atomic E-state index is -2.13. The van der Waals surface area contributed by atoms with Crippen LogP contribution in [-0.4, -0.2) is 48.6 Å². The van der Waals surface area contributed by atoms with Crippen LogP contribution in [0.4, 0.5) is 11.6 Å². The maximum atomic E-state index is 13.7. The number of carboxylic acid groups (broad SMARTS) is 1. The van der Waals surface area contributed by atoms with Crippen LogP contribution in [0.25, 0.3) is 21.9 Å². The average Bonchev–Trinajstić information content (AvgIpc) is 3.30. The Hall–Kier alpha value is -3.63. The molecule has 218 valence electrons. The quantitative estimate of drug-likeness (QED) is 0.221. The number of para-hydroxylation sites is 1. The van der Waals surface area contributed by atoms with Crippen LogP contribution in [0.1, 0.15) is 51.6 Å². The van der Waals surface area contributed by atoms with Crippen molar-refractivity contribution in [1.29, 1.82) is 0 Å². The van der Waals surface area contributed by atoms with E-state index in [0.717, 1.165) is 59.9 Å². The molecule has 2 aromatic carbocycles. The van der Waals surface area contributed by atoms with Gasteiger partial charge in [-0.1, -0.05) is 45.0 Å². The molecular weight excluding hydrogens is 536 g/mol. The van der Waals surface area contributed by atoms with Gasteiger partial charge in [0.15, 0.2) is 14.1 Å². The average molecular weight is 577 g/mol. The highest BCUT2D eigenvalue weighted by atomic mass is 28.4. The number of carbonyl (C=O) groups is 1. The summed E-state index contributed by atoms with van der Waals surface area (Å²) in [6, 6.07) is 13.5. The van der Waals surface area contributed by atoms with E-state index in [-0.39, 0.29) is 10.9 Å². The molecule has 41 heavy (non-hydrogen) atoms. The van der Waals surface area contributed by atoms with Gasteiger partial charge in [0, 0.05) is 23.9 Å². The monoisotopic (exact) mass is 576 g/mol. The van der Waals surface area contributed by atoms with E-state index in [1.54, 1.807) is 6.20 Å². The normalized spacial score (nSPS) is 15.4. The van der Waals surface area contributed by atoms with Crippen molar-refractivity contribution in [3.63, 3.8) is 0 Å². The van der Waals surface area contributed by atoms with Crippen molar-refractivity contribution >= 4 is 47.9 Å². The molecule has 3 heterocycles. The lowest BCUT2D eigenvalue weighted by molar-refractivity contribution is -0.137. The maximum absolute atomic E-state index is 13.7. The number of hydrogen-bond acceptors (Lipinski definition) is 7. The molecule has 0 spiro atoms. The SMILES string of the molecule is CC(C)(C)[Si](C)(C)OC[C@@H](Nc1ncc(N2CCCCC2)n(CC(=O)O)c1=O)c1ccc2oc3ccccc3c2c1. The fourth-order valence-corrected chi connectivity index (χ4v) is 6.11. The first-order chi connectivity index (χ1) is 19.4. The van der Waals surface area contributed by atoms with Crippen LogP contribution < -0.4 is 15.8 Å². The van der Waals surface area contributed by atoms with Crippen LogP contribution in [0.2, 0.25) is 18.1 Å². The van der Waals surface area contributed by atoms with Gasteiger partial charge in [-0.15, -0.1) is 0 Å². The van der Waals surface area contributed by atoms with Gasteiger partial charge < -0.3 is 24.2 Å². The third kappa shape index (κ3) is 6.03. The molecule has 1 aliphatic rings. The van der Waals surface area contributed by atoms with Crippen molar-refractivity contribution in [2.24, 2.45) is 0 Å². The lowest BCUT2D eigenvalue weighted by Gasteiger charge is -2.37. The van der Waals surface area contributed by atoms with E-state index >= 15 is 0 Å². The summed E-state index contributed by atoms with van der Waals surface area (Å²) in [5.41, 5.74) is 2.07. The Bertz CT molecular complexity index is 1610. The molecule has 1 aliphatic heterocycles. The number of aromatic nitrogens is 2. The zero-order valence-corrected chi connectivity index (χ0v) is 25.6. The van der Waals surface area contributed by atoms with Crippen molar-refractivity contribution in [3.05, 3.63) is 64.6 Å². The van der Waals surface area contributed by atoms with E-state index in [0.29, 0.717) is 12.4 Å². The Morgan fingerprint density at radius 2 is 1.80 bits per heavy atom. The summed E-state index contributed by atoms with van der Waals surface area (Å²) in [6.07, 6.45) is 4.74. The predicted molar refractivity (Wildman–Crippen MR) is 165 cm³/mol. The summed E-state index contributed by atoms with van der Waals surface area (Å²) in [7, 11) is -2.13.